The summed E-state index contributed by atoms with van der Waals surface area (Å²) in [6.45, 7) is 0. The van der Waals surface area contributed by atoms with E-state index in [1.54, 1.807) is 4.72 Å². The third-order valence-electron chi connectivity index (χ3n) is 2.67. The molecule has 0 saturated heterocycles. The van der Waals surface area contributed by atoms with Gasteiger partial charge in [0, 0.05) is 0 Å². The molecule has 0 aliphatic rings. The molecule has 0 saturated carbocycles. The lowest BCUT2D eigenvalue weighted by molar-refractivity contribution is 0.111. The summed E-state index contributed by atoms with van der Waals surface area (Å²) in [5.74, 6) is -4.93. The van der Waals surface area contributed by atoms with E-state index in [-0.39, 0.29) is 6.29 Å². The number of sulfonamides is 1. The highest BCUT2D eigenvalue weighted by atomic mass is 32.2. The summed E-state index contributed by atoms with van der Waals surface area (Å²) in [7, 11) is -4.67. The van der Waals surface area contributed by atoms with Crippen LogP contribution in [0.2, 0.25) is 0 Å². The SMILES string of the molecule is O=Cc1c(F)ccc(NS(=O)(=O)c2cc(F)ccc2F)c1F. The Bertz CT molecular complexity index is 853. The van der Waals surface area contributed by atoms with Gasteiger partial charge in [-0.2, -0.15) is 0 Å². The summed E-state index contributed by atoms with van der Waals surface area (Å²) in [5, 5.41) is 0. The molecule has 1 N–H and O–H groups in total. The molecular formula is C13H7F4NO3S. The van der Waals surface area contributed by atoms with E-state index in [0.29, 0.717) is 30.3 Å². The first-order valence-corrected chi connectivity index (χ1v) is 7.15. The minimum Gasteiger partial charge on any atom is -0.298 e. The zero-order valence-corrected chi connectivity index (χ0v) is 11.4. The lowest BCUT2D eigenvalue weighted by atomic mass is 10.2. The predicted molar refractivity (Wildman–Crippen MR) is 68.9 cm³/mol. The van der Waals surface area contributed by atoms with Crippen molar-refractivity contribution < 1.29 is 30.8 Å². The second-order valence-corrected chi connectivity index (χ2v) is 5.77. The van der Waals surface area contributed by atoms with Gasteiger partial charge in [-0.05, 0) is 30.3 Å². The standard InChI is InChI=1S/C13H7F4NO3S/c14-7-1-2-10(16)12(5-7)22(20,21)18-11-4-3-9(15)8(6-19)13(11)17/h1-6,18H. The van der Waals surface area contributed by atoms with Gasteiger partial charge in [0.1, 0.15) is 22.3 Å². The quantitative estimate of drug-likeness (QED) is 0.691. The van der Waals surface area contributed by atoms with Crippen LogP contribution in [0.1, 0.15) is 10.4 Å². The number of carbonyl (C=O) groups excluding carboxylic acids is 1. The highest BCUT2D eigenvalue weighted by Crippen LogP contribution is 2.24. The Morgan fingerprint density at radius 1 is 0.955 bits per heavy atom. The second-order valence-electron chi connectivity index (χ2n) is 4.12. The Hall–Kier alpha value is -2.42. The van der Waals surface area contributed by atoms with Crippen LogP contribution in [0.4, 0.5) is 23.2 Å². The lowest BCUT2D eigenvalue weighted by Gasteiger charge is -2.11. The molecule has 2 rings (SSSR count). The van der Waals surface area contributed by atoms with Crippen molar-refractivity contribution in [3.8, 4) is 0 Å². The van der Waals surface area contributed by atoms with Crippen molar-refractivity contribution in [2.45, 2.75) is 4.90 Å². The molecule has 0 atom stereocenters. The Morgan fingerprint density at radius 2 is 1.59 bits per heavy atom. The van der Waals surface area contributed by atoms with Crippen LogP contribution in [0.25, 0.3) is 0 Å². The van der Waals surface area contributed by atoms with E-state index in [0.717, 1.165) is 0 Å². The molecule has 0 fully saturated rings. The van der Waals surface area contributed by atoms with Crippen molar-refractivity contribution >= 4 is 22.0 Å². The Labute approximate surface area is 122 Å². The van der Waals surface area contributed by atoms with E-state index >= 15 is 0 Å². The van der Waals surface area contributed by atoms with Crippen LogP contribution in [-0.4, -0.2) is 14.7 Å². The molecule has 9 heteroatoms. The number of anilines is 1. The first-order chi connectivity index (χ1) is 10.3. The smallest absolute Gasteiger partial charge is 0.265 e. The van der Waals surface area contributed by atoms with Gasteiger partial charge in [-0.15, -0.1) is 0 Å². The summed E-state index contributed by atoms with van der Waals surface area (Å²) >= 11 is 0. The molecule has 0 aliphatic carbocycles. The van der Waals surface area contributed by atoms with E-state index in [2.05, 4.69) is 0 Å². The average Bonchev–Trinajstić information content (AvgIpc) is 2.45. The normalized spacial score (nSPS) is 11.3. The third-order valence-corrected chi connectivity index (χ3v) is 4.05. The van der Waals surface area contributed by atoms with Crippen LogP contribution >= 0.6 is 0 Å². The molecule has 2 aromatic carbocycles. The summed E-state index contributed by atoms with van der Waals surface area (Å²) < 4.78 is 79.0. The topological polar surface area (TPSA) is 63.2 Å². The van der Waals surface area contributed by atoms with E-state index in [1.165, 1.54) is 0 Å². The van der Waals surface area contributed by atoms with Gasteiger partial charge in [0.2, 0.25) is 0 Å². The maximum absolute atomic E-state index is 13.8. The van der Waals surface area contributed by atoms with Crippen molar-refractivity contribution in [3.05, 3.63) is 59.2 Å². The van der Waals surface area contributed by atoms with Gasteiger partial charge in [0.15, 0.2) is 12.1 Å². The van der Waals surface area contributed by atoms with Gasteiger partial charge in [0.05, 0.1) is 11.3 Å². The summed E-state index contributed by atoms with van der Waals surface area (Å²) in [5.41, 5.74) is -1.76. The zero-order valence-electron chi connectivity index (χ0n) is 10.6. The number of halogens is 4. The van der Waals surface area contributed by atoms with Crippen molar-refractivity contribution in [1.29, 1.82) is 0 Å². The molecule has 0 aromatic heterocycles. The first-order valence-electron chi connectivity index (χ1n) is 5.67. The number of nitrogens with one attached hydrogen (secondary N) is 1. The molecule has 0 unspecified atom stereocenters. The van der Waals surface area contributed by atoms with Crippen molar-refractivity contribution in [3.63, 3.8) is 0 Å². The molecule has 0 spiro atoms. The van der Waals surface area contributed by atoms with Crippen LogP contribution in [0.3, 0.4) is 0 Å². The van der Waals surface area contributed by atoms with Crippen LogP contribution in [-0.2, 0) is 10.0 Å². The average molecular weight is 333 g/mol. The number of aldehydes is 1. The molecular weight excluding hydrogens is 326 g/mol. The molecule has 116 valence electrons. The number of hydrogen-bond donors (Lipinski definition) is 1. The fourth-order valence-corrected chi connectivity index (χ4v) is 2.79. The molecule has 0 heterocycles. The van der Waals surface area contributed by atoms with Crippen LogP contribution in [0.5, 0.6) is 0 Å². The van der Waals surface area contributed by atoms with Crippen molar-refractivity contribution in [2.24, 2.45) is 0 Å². The lowest BCUT2D eigenvalue weighted by Crippen LogP contribution is -2.16. The minimum absolute atomic E-state index is 0.134. The maximum atomic E-state index is 13.8. The largest absolute Gasteiger partial charge is 0.298 e. The highest BCUT2D eigenvalue weighted by Gasteiger charge is 2.23. The summed E-state index contributed by atoms with van der Waals surface area (Å²) in [6.07, 6.45) is -0.134. The number of benzene rings is 2. The van der Waals surface area contributed by atoms with Gasteiger partial charge >= 0.3 is 0 Å². The van der Waals surface area contributed by atoms with Crippen LogP contribution < -0.4 is 4.72 Å². The van der Waals surface area contributed by atoms with Gasteiger partial charge in [-0.1, -0.05) is 0 Å². The molecule has 4 nitrogen and oxygen atoms in total. The number of carbonyl (C=O) groups is 1. The van der Waals surface area contributed by atoms with E-state index in [1.807, 2.05) is 0 Å². The minimum atomic E-state index is -4.67. The zero-order chi connectivity index (χ0) is 16.5. The monoisotopic (exact) mass is 333 g/mol. The molecule has 2 aromatic rings. The van der Waals surface area contributed by atoms with Crippen molar-refractivity contribution in [1.82, 2.24) is 0 Å². The Balaban J connectivity index is 2.50. The van der Waals surface area contributed by atoms with Gasteiger partial charge < -0.3 is 0 Å². The fourth-order valence-electron chi connectivity index (χ4n) is 1.64. The van der Waals surface area contributed by atoms with Gasteiger partial charge in [-0.3, -0.25) is 9.52 Å². The van der Waals surface area contributed by atoms with Crippen LogP contribution in [0, 0.1) is 23.3 Å². The highest BCUT2D eigenvalue weighted by molar-refractivity contribution is 7.92. The van der Waals surface area contributed by atoms with Crippen molar-refractivity contribution in [2.75, 3.05) is 4.72 Å². The van der Waals surface area contributed by atoms with E-state index < -0.39 is 49.4 Å². The summed E-state index contributed by atoms with van der Waals surface area (Å²) in [4.78, 5) is 9.52. The molecule has 0 radical (unpaired) electrons. The summed E-state index contributed by atoms with van der Waals surface area (Å²) in [6, 6.07) is 3.07. The molecule has 0 amide bonds. The van der Waals surface area contributed by atoms with Gasteiger partial charge in [0.25, 0.3) is 10.0 Å². The number of rotatable bonds is 4. The number of hydrogen-bond acceptors (Lipinski definition) is 3. The fraction of sp³-hybridized carbons (Fsp3) is 0. The maximum Gasteiger partial charge on any atom is 0.265 e. The van der Waals surface area contributed by atoms with E-state index in [4.69, 9.17) is 0 Å². The molecule has 0 bridgehead atoms. The Kier molecular flexibility index (Phi) is 4.18. The van der Waals surface area contributed by atoms with Gasteiger partial charge in [-0.25, -0.2) is 26.0 Å². The molecule has 0 aliphatic heterocycles. The van der Waals surface area contributed by atoms with E-state index in [9.17, 15) is 30.8 Å². The Morgan fingerprint density at radius 3 is 2.23 bits per heavy atom. The third kappa shape index (κ3) is 2.93. The molecule has 22 heavy (non-hydrogen) atoms. The van der Waals surface area contributed by atoms with Crippen LogP contribution in [0.15, 0.2) is 35.2 Å². The predicted octanol–water partition coefficient (Wildman–Crippen LogP) is 2.86. The second kappa shape index (κ2) is 5.76. The first kappa shape index (κ1) is 16.0.